The second kappa shape index (κ2) is 10.4. The molecule has 3 amide bonds. The fourth-order valence-corrected chi connectivity index (χ4v) is 3.62. The highest BCUT2D eigenvalue weighted by Crippen LogP contribution is 2.26. The summed E-state index contributed by atoms with van der Waals surface area (Å²) in [6.45, 7) is 1.37. The summed E-state index contributed by atoms with van der Waals surface area (Å²) >= 11 is 0. The van der Waals surface area contributed by atoms with Crippen LogP contribution in [0.25, 0.3) is 0 Å². The van der Waals surface area contributed by atoms with Crippen molar-refractivity contribution in [2.45, 2.75) is 37.6 Å². The number of amides is 3. The van der Waals surface area contributed by atoms with E-state index in [0.29, 0.717) is 12.5 Å². The number of halogens is 2. The molecule has 0 fully saturated rings. The van der Waals surface area contributed by atoms with E-state index in [1.165, 1.54) is 6.92 Å². The zero-order valence-electron chi connectivity index (χ0n) is 18.2. The van der Waals surface area contributed by atoms with Crippen LogP contribution >= 0.6 is 0 Å². The lowest BCUT2D eigenvalue weighted by molar-refractivity contribution is -0.137. The summed E-state index contributed by atoms with van der Waals surface area (Å²) in [5, 5.41) is 15.0. The first kappa shape index (κ1) is 24.1. The van der Waals surface area contributed by atoms with Gasteiger partial charge in [0.25, 0.3) is 5.91 Å². The number of benzene rings is 2. The highest BCUT2D eigenvalue weighted by molar-refractivity contribution is 5.93. The first-order valence-electron chi connectivity index (χ1n) is 10.4. The van der Waals surface area contributed by atoms with Gasteiger partial charge in [-0.15, -0.1) is 0 Å². The van der Waals surface area contributed by atoms with E-state index in [1.54, 1.807) is 18.0 Å². The SMILES string of the molecule is C[C@H](NC(=O)[C@@H](O)c1cc(F)cc(F)c1)C(=O)N[C@H]1C=CC[C@H](c2ccccc2)N(C)C1=O. The number of likely N-dealkylation sites (N-methyl/N-ethyl adjacent to an activating group) is 1. The van der Waals surface area contributed by atoms with Crippen molar-refractivity contribution in [2.24, 2.45) is 0 Å². The first-order chi connectivity index (χ1) is 15.7. The van der Waals surface area contributed by atoms with Gasteiger partial charge in [-0.1, -0.05) is 42.5 Å². The monoisotopic (exact) mass is 457 g/mol. The fourth-order valence-electron chi connectivity index (χ4n) is 3.62. The smallest absolute Gasteiger partial charge is 0.254 e. The van der Waals surface area contributed by atoms with Crippen LogP contribution in [0.4, 0.5) is 8.78 Å². The molecule has 2 aromatic carbocycles. The molecule has 1 heterocycles. The number of hydrogen-bond donors (Lipinski definition) is 3. The highest BCUT2D eigenvalue weighted by atomic mass is 19.1. The predicted octanol–water partition coefficient (Wildman–Crippen LogP) is 2.15. The summed E-state index contributed by atoms with van der Waals surface area (Å²) in [6, 6.07) is 9.54. The van der Waals surface area contributed by atoms with Gasteiger partial charge in [-0.2, -0.15) is 0 Å². The van der Waals surface area contributed by atoms with E-state index in [2.05, 4.69) is 10.6 Å². The third kappa shape index (κ3) is 5.81. The second-order valence-electron chi connectivity index (χ2n) is 7.86. The third-order valence-corrected chi connectivity index (χ3v) is 5.45. The summed E-state index contributed by atoms with van der Waals surface area (Å²) in [6.07, 6.45) is 2.11. The Balaban J connectivity index is 1.62. The molecule has 0 saturated heterocycles. The summed E-state index contributed by atoms with van der Waals surface area (Å²) in [5.41, 5.74) is 0.682. The predicted molar refractivity (Wildman–Crippen MR) is 117 cm³/mol. The Morgan fingerprint density at radius 1 is 1.09 bits per heavy atom. The Morgan fingerprint density at radius 3 is 2.36 bits per heavy atom. The lowest BCUT2D eigenvalue weighted by Gasteiger charge is -2.29. The molecule has 1 aliphatic heterocycles. The Labute approximate surface area is 190 Å². The van der Waals surface area contributed by atoms with E-state index in [1.807, 2.05) is 36.4 Å². The number of hydrogen-bond acceptors (Lipinski definition) is 4. The van der Waals surface area contributed by atoms with E-state index in [4.69, 9.17) is 0 Å². The normalized spacial score (nSPS) is 20.0. The Bertz CT molecular complexity index is 1040. The number of nitrogens with zero attached hydrogens (tertiary/aromatic N) is 1. The Kier molecular flexibility index (Phi) is 7.55. The Morgan fingerprint density at radius 2 is 1.73 bits per heavy atom. The molecule has 0 aromatic heterocycles. The van der Waals surface area contributed by atoms with Gasteiger partial charge in [0.1, 0.15) is 23.7 Å². The molecule has 3 N–H and O–H groups in total. The minimum atomic E-state index is -1.87. The average molecular weight is 457 g/mol. The molecule has 0 aliphatic carbocycles. The molecular weight excluding hydrogens is 432 g/mol. The molecule has 0 unspecified atom stereocenters. The molecule has 0 radical (unpaired) electrons. The summed E-state index contributed by atoms with van der Waals surface area (Å²) in [7, 11) is 1.66. The molecule has 9 heteroatoms. The number of carbonyl (C=O) groups excluding carboxylic acids is 3. The standard InChI is InChI=1S/C24H25F2N3O4/c1-14(27-23(32)21(30)16-11-17(25)13-18(26)12-16)22(31)28-19-9-6-10-20(29(2)24(19)33)15-7-4-3-5-8-15/h3-9,11-14,19-21,30H,10H2,1-2H3,(H,27,32)(H,28,31)/t14-,19-,20+,21-/m0/s1. The molecule has 1 aliphatic rings. The van der Waals surface area contributed by atoms with Gasteiger partial charge in [-0.05, 0) is 36.6 Å². The van der Waals surface area contributed by atoms with Crippen molar-refractivity contribution >= 4 is 17.7 Å². The zero-order valence-corrected chi connectivity index (χ0v) is 18.2. The maximum absolute atomic E-state index is 13.4. The summed E-state index contributed by atoms with van der Waals surface area (Å²) < 4.78 is 26.7. The number of aliphatic hydroxyl groups is 1. The van der Waals surface area contributed by atoms with Gasteiger partial charge in [-0.3, -0.25) is 14.4 Å². The zero-order chi connectivity index (χ0) is 24.1. The number of nitrogens with one attached hydrogen (secondary N) is 2. The van der Waals surface area contributed by atoms with Crippen molar-refractivity contribution in [3.8, 4) is 0 Å². The number of rotatable bonds is 6. The van der Waals surface area contributed by atoms with E-state index in [-0.39, 0.29) is 17.5 Å². The largest absolute Gasteiger partial charge is 0.378 e. The van der Waals surface area contributed by atoms with Crippen LogP contribution in [0.3, 0.4) is 0 Å². The van der Waals surface area contributed by atoms with Crippen molar-refractivity contribution in [2.75, 3.05) is 7.05 Å². The molecule has 2 aromatic rings. The fraction of sp³-hybridized carbons (Fsp3) is 0.292. The van der Waals surface area contributed by atoms with Crippen LogP contribution < -0.4 is 10.6 Å². The van der Waals surface area contributed by atoms with Crippen LogP contribution in [-0.4, -0.2) is 46.9 Å². The van der Waals surface area contributed by atoms with Gasteiger partial charge in [0.15, 0.2) is 6.10 Å². The highest BCUT2D eigenvalue weighted by Gasteiger charge is 2.31. The first-order valence-corrected chi connectivity index (χ1v) is 10.4. The van der Waals surface area contributed by atoms with E-state index < -0.39 is 41.6 Å². The van der Waals surface area contributed by atoms with Crippen LogP contribution in [0, 0.1) is 11.6 Å². The lowest BCUT2D eigenvalue weighted by atomic mass is 10.0. The maximum Gasteiger partial charge on any atom is 0.254 e. The van der Waals surface area contributed by atoms with Crippen LogP contribution in [0.15, 0.2) is 60.7 Å². The van der Waals surface area contributed by atoms with E-state index in [0.717, 1.165) is 17.7 Å². The average Bonchev–Trinajstić information content (AvgIpc) is 2.92. The van der Waals surface area contributed by atoms with Crippen molar-refractivity contribution < 1.29 is 28.3 Å². The minimum absolute atomic E-state index is 0.184. The molecule has 0 saturated carbocycles. The maximum atomic E-state index is 13.4. The summed E-state index contributed by atoms with van der Waals surface area (Å²) in [5.74, 6) is -3.87. The number of aliphatic hydroxyl groups excluding tert-OH is 1. The van der Waals surface area contributed by atoms with Crippen LogP contribution in [-0.2, 0) is 14.4 Å². The number of carbonyl (C=O) groups is 3. The van der Waals surface area contributed by atoms with Gasteiger partial charge in [-0.25, -0.2) is 8.78 Å². The minimum Gasteiger partial charge on any atom is -0.378 e. The van der Waals surface area contributed by atoms with Crippen molar-refractivity contribution in [3.05, 3.63) is 83.4 Å². The van der Waals surface area contributed by atoms with Crippen LogP contribution in [0.1, 0.15) is 36.6 Å². The van der Waals surface area contributed by atoms with E-state index >= 15 is 0 Å². The molecule has 4 atom stereocenters. The third-order valence-electron chi connectivity index (χ3n) is 5.45. The molecular formula is C24H25F2N3O4. The van der Waals surface area contributed by atoms with Gasteiger partial charge in [0.05, 0.1) is 6.04 Å². The molecule has 0 bridgehead atoms. The van der Waals surface area contributed by atoms with Gasteiger partial charge >= 0.3 is 0 Å². The van der Waals surface area contributed by atoms with Crippen molar-refractivity contribution in [3.63, 3.8) is 0 Å². The molecule has 0 spiro atoms. The Hall–Kier alpha value is -3.59. The molecule has 174 valence electrons. The topological polar surface area (TPSA) is 98.7 Å². The molecule has 7 nitrogen and oxygen atoms in total. The second-order valence-corrected chi connectivity index (χ2v) is 7.86. The van der Waals surface area contributed by atoms with Gasteiger partial charge in [0, 0.05) is 13.1 Å². The molecule has 3 rings (SSSR count). The lowest BCUT2D eigenvalue weighted by Crippen LogP contribution is -2.52. The van der Waals surface area contributed by atoms with Gasteiger partial charge < -0.3 is 20.6 Å². The van der Waals surface area contributed by atoms with Crippen molar-refractivity contribution in [1.29, 1.82) is 0 Å². The van der Waals surface area contributed by atoms with Crippen molar-refractivity contribution in [1.82, 2.24) is 15.5 Å². The van der Waals surface area contributed by atoms with E-state index in [9.17, 15) is 28.3 Å². The quantitative estimate of drug-likeness (QED) is 0.579. The molecule has 33 heavy (non-hydrogen) atoms. The van der Waals surface area contributed by atoms with Crippen LogP contribution in [0.2, 0.25) is 0 Å². The van der Waals surface area contributed by atoms with Crippen LogP contribution in [0.5, 0.6) is 0 Å². The van der Waals surface area contributed by atoms with Gasteiger partial charge in [0.2, 0.25) is 11.8 Å². The summed E-state index contributed by atoms with van der Waals surface area (Å²) in [4.78, 5) is 39.4.